The van der Waals surface area contributed by atoms with E-state index in [9.17, 15) is 9.59 Å². The quantitative estimate of drug-likeness (QED) is 0.714. The highest BCUT2D eigenvalue weighted by molar-refractivity contribution is 5.95. The molecule has 7 heteroatoms. The molecule has 1 amide bonds. The molecule has 0 atom stereocenters. The van der Waals surface area contributed by atoms with Gasteiger partial charge in [0, 0.05) is 30.1 Å². The number of hydrogen-bond acceptors (Lipinski definition) is 5. The van der Waals surface area contributed by atoms with Crippen molar-refractivity contribution in [1.82, 2.24) is 19.9 Å². The van der Waals surface area contributed by atoms with Crippen LogP contribution in [-0.2, 0) is 0 Å². The normalized spacial score (nSPS) is 10.2. The van der Waals surface area contributed by atoms with Crippen molar-refractivity contribution in [2.24, 2.45) is 0 Å². The zero-order valence-electron chi connectivity index (χ0n) is 13.6. The lowest BCUT2D eigenvalue weighted by molar-refractivity contribution is 0.0962. The van der Waals surface area contributed by atoms with Gasteiger partial charge < -0.3 is 10.6 Å². The Morgan fingerprint density at radius 3 is 2.72 bits per heavy atom. The molecule has 7 nitrogen and oxygen atoms in total. The minimum absolute atomic E-state index is 0. The smallest absolute Gasteiger partial charge is 0.251 e. The Labute approximate surface area is 146 Å². The van der Waals surface area contributed by atoms with Crippen LogP contribution in [-0.4, -0.2) is 33.8 Å². The first kappa shape index (κ1) is 18.1. The molecule has 0 spiro atoms. The number of aromatic nitrogens is 3. The largest absolute Gasteiger partial charge is 0.355 e. The van der Waals surface area contributed by atoms with Crippen molar-refractivity contribution in [3.8, 4) is 0 Å². The van der Waals surface area contributed by atoms with Crippen molar-refractivity contribution < 1.29 is 9.59 Å². The first-order chi connectivity index (χ1) is 11.5. The lowest BCUT2D eigenvalue weighted by atomic mass is 10.1. The Bertz CT molecular complexity index is 946. The zero-order valence-corrected chi connectivity index (χ0v) is 13.6. The maximum Gasteiger partial charge on any atom is 0.251 e. The van der Waals surface area contributed by atoms with Gasteiger partial charge in [0.25, 0.3) is 5.91 Å². The van der Waals surface area contributed by atoms with Crippen molar-refractivity contribution in [2.75, 3.05) is 12.4 Å². The average molecular weight is 339 g/mol. The summed E-state index contributed by atoms with van der Waals surface area (Å²) in [7, 11) is 1.59. The van der Waals surface area contributed by atoms with Gasteiger partial charge in [0.2, 0.25) is 0 Å². The molecule has 3 rings (SSSR count). The van der Waals surface area contributed by atoms with Crippen molar-refractivity contribution in [1.29, 1.82) is 0 Å². The van der Waals surface area contributed by atoms with Crippen LogP contribution >= 0.6 is 0 Å². The Balaban J connectivity index is 0.00000225. The van der Waals surface area contributed by atoms with Crippen LogP contribution < -0.4 is 10.6 Å². The zero-order chi connectivity index (χ0) is 17.3. The average Bonchev–Trinajstić information content (AvgIpc) is 2.93. The van der Waals surface area contributed by atoms with Crippen LogP contribution in [0.25, 0.3) is 5.52 Å². The van der Waals surface area contributed by atoms with E-state index in [2.05, 4.69) is 20.7 Å². The number of carbonyl (C=O) groups is 2. The van der Waals surface area contributed by atoms with E-state index < -0.39 is 0 Å². The number of aryl methyl sites for hydroxylation is 2. The number of benzene rings is 1. The highest BCUT2D eigenvalue weighted by Crippen LogP contribution is 2.26. The lowest BCUT2D eigenvalue weighted by Gasteiger charge is -2.12. The van der Waals surface area contributed by atoms with E-state index >= 15 is 0 Å². The predicted molar refractivity (Wildman–Crippen MR) is 97.7 cm³/mol. The number of anilines is 2. The van der Waals surface area contributed by atoms with Crippen LogP contribution in [0.2, 0.25) is 0 Å². The summed E-state index contributed by atoms with van der Waals surface area (Å²) in [5, 5.41) is 9.99. The molecule has 2 heterocycles. The minimum atomic E-state index is -0.159. The van der Waals surface area contributed by atoms with Gasteiger partial charge in [0.05, 0.1) is 0 Å². The van der Waals surface area contributed by atoms with Crippen LogP contribution in [0.5, 0.6) is 0 Å². The van der Waals surface area contributed by atoms with E-state index in [-0.39, 0.29) is 13.3 Å². The number of amides is 1. The monoisotopic (exact) mass is 339 g/mol. The summed E-state index contributed by atoms with van der Waals surface area (Å²) in [5.41, 5.74) is 4.38. The number of hydrogen-bond donors (Lipinski definition) is 2. The van der Waals surface area contributed by atoms with Crippen molar-refractivity contribution in [2.45, 2.75) is 21.3 Å². The third-order valence-electron chi connectivity index (χ3n) is 3.97. The maximum atomic E-state index is 11.8. The summed E-state index contributed by atoms with van der Waals surface area (Å²) in [4.78, 5) is 27.3. The molecule has 2 aromatic heterocycles. The summed E-state index contributed by atoms with van der Waals surface area (Å²) in [6, 6.07) is 5.40. The summed E-state index contributed by atoms with van der Waals surface area (Å²) >= 11 is 0. The van der Waals surface area contributed by atoms with E-state index in [0.717, 1.165) is 28.6 Å². The second-order valence-electron chi connectivity index (χ2n) is 5.46. The van der Waals surface area contributed by atoms with Crippen molar-refractivity contribution in [3.05, 3.63) is 53.0 Å². The molecule has 0 aliphatic carbocycles. The second-order valence-corrected chi connectivity index (χ2v) is 5.46. The van der Waals surface area contributed by atoms with Gasteiger partial charge in [-0.25, -0.2) is 9.50 Å². The minimum Gasteiger partial charge on any atom is -0.355 e. The van der Waals surface area contributed by atoms with Gasteiger partial charge in [-0.1, -0.05) is 13.5 Å². The molecule has 0 bridgehead atoms. The molecule has 0 saturated heterocycles. The van der Waals surface area contributed by atoms with Crippen molar-refractivity contribution >= 4 is 29.2 Å². The molecule has 1 aromatic carbocycles. The molecular weight excluding hydrogens is 318 g/mol. The van der Waals surface area contributed by atoms with Gasteiger partial charge in [-0.2, -0.15) is 5.10 Å². The van der Waals surface area contributed by atoms with Gasteiger partial charge in [0.1, 0.15) is 11.8 Å². The Kier molecular flexibility index (Phi) is 5.17. The summed E-state index contributed by atoms with van der Waals surface area (Å²) in [6.07, 6.45) is 3.88. The highest BCUT2D eigenvalue weighted by atomic mass is 16.1. The first-order valence-electron chi connectivity index (χ1n) is 7.43. The number of nitrogens with zero attached hydrogens (tertiary/aromatic N) is 3. The van der Waals surface area contributed by atoms with Crippen LogP contribution in [0.4, 0.5) is 11.5 Å². The van der Waals surface area contributed by atoms with E-state index in [4.69, 9.17) is 0 Å². The van der Waals surface area contributed by atoms with E-state index in [1.807, 2.05) is 19.9 Å². The summed E-state index contributed by atoms with van der Waals surface area (Å²) < 4.78 is 1.62. The number of rotatable bonds is 4. The van der Waals surface area contributed by atoms with Crippen LogP contribution in [0, 0.1) is 13.8 Å². The number of carbonyl (C=O) groups excluding carboxylic acids is 2. The van der Waals surface area contributed by atoms with Crippen molar-refractivity contribution in [3.63, 3.8) is 0 Å². The molecule has 0 aliphatic heterocycles. The molecule has 0 aliphatic rings. The number of nitrogens with one attached hydrogen (secondary N) is 2. The molecule has 130 valence electrons. The van der Waals surface area contributed by atoms with Gasteiger partial charge in [-0.15, -0.1) is 0 Å². The molecule has 25 heavy (non-hydrogen) atoms. The maximum absolute atomic E-state index is 11.8. The number of fused-ring (bicyclic) bond motifs is 1. The third-order valence-corrected chi connectivity index (χ3v) is 3.97. The van der Waals surface area contributed by atoms with Gasteiger partial charge in [-0.05, 0) is 37.1 Å². The molecule has 2 N–H and O–H groups in total. The SMILES string of the molecule is C.CNC(=O)c1ccc(C)c(Nc2ncnn3cc(C=O)c(C)c23)c1. The van der Waals surface area contributed by atoms with Crippen LogP contribution in [0.1, 0.15) is 39.3 Å². The Morgan fingerprint density at radius 1 is 1.28 bits per heavy atom. The molecule has 0 saturated carbocycles. The third kappa shape index (κ3) is 3.21. The van der Waals surface area contributed by atoms with E-state index in [1.54, 1.807) is 29.9 Å². The standard InChI is InChI=1S/C17H17N5O2.CH4/c1-10-4-5-12(17(24)18-3)6-14(10)21-16-15-11(2)13(8-23)7-22(15)20-9-19-16;/h4-9H,1-3H3,(H,18,24)(H,19,20,21);1H4. The van der Waals surface area contributed by atoms with Crippen LogP contribution in [0.15, 0.2) is 30.7 Å². The fraction of sp³-hybridized carbons (Fsp3) is 0.222. The second kappa shape index (κ2) is 7.12. The topological polar surface area (TPSA) is 88.4 Å². The first-order valence-corrected chi connectivity index (χ1v) is 7.43. The van der Waals surface area contributed by atoms with E-state index in [1.165, 1.54) is 6.33 Å². The Hall–Kier alpha value is -3.22. The van der Waals surface area contributed by atoms with E-state index in [0.29, 0.717) is 16.9 Å². The fourth-order valence-corrected chi connectivity index (χ4v) is 2.56. The highest BCUT2D eigenvalue weighted by Gasteiger charge is 2.14. The van der Waals surface area contributed by atoms with Gasteiger partial charge in [-0.3, -0.25) is 9.59 Å². The lowest BCUT2D eigenvalue weighted by Crippen LogP contribution is -2.17. The molecule has 3 aromatic rings. The molecule has 0 unspecified atom stereocenters. The summed E-state index contributed by atoms with van der Waals surface area (Å²) in [5.74, 6) is 0.417. The van der Waals surface area contributed by atoms with Gasteiger partial charge in [0.15, 0.2) is 12.1 Å². The Morgan fingerprint density at radius 2 is 2.04 bits per heavy atom. The fourth-order valence-electron chi connectivity index (χ4n) is 2.56. The number of aldehydes is 1. The molecular formula is C18H21N5O2. The predicted octanol–water partition coefficient (Wildman–Crippen LogP) is 2.90. The molecule has 0 fully saturated rings. The van der Waals surface area contributed by atoms with Gasteiger partial charge >= 0.3 is 0 Å². The molecule has 0 radical (unpaired) electrons. The van der Waals surface area contributed by atoms with Crippen LogP contribution in [0.3, 0.4) is 0 Å². The summed E-state index contributed by atoms with van der Waals surface area (Å²) in [6.45, 7) is 3.79.